The third kappa shape index (κ3) is 23.7. The fourth-order valence-corrected chi connectivity index (χ4v) is 6.00. The molecule has 0 aliphatic rings. The molecule has 0 saturated heterocycles. The lowest BCUT2D eigenvalue weighted by Gasteiger charge is -2.28. The van der Waals surface area contributed by atoms with Gasteiger partial charge in [-0.05, 0) is 57.0 Å². The van der Waals surface area contributed by atoms with E-state index in [0.29, 0.717) is 5.75 Å². The van der Waals surface area contributed by atoms with Crippen LogP contribution in [0.15, 0.2) is 0 Å². The van der Waals surface area contributed by atoms with Crippen molar-refractivity contribution >= 4 is 76.7 Å². The molecule has 0 unspecified atom stereocenters. The number of carbonyl (C=O) groups is 11. The van der Waals surface area contributed by atoms with Crippen LogP contribution in [0.3, 0.4) is 0 Å². The lowest BCUT2D eigenvalue weighted by Crippen LogP contribution is -2.62. The number of aliphatic hydroxyl groups is 3. The van der Waals surface area contributed by atoms with Gasteiger partial charge in [-0.15, -0.1) is 0 Å². The third-order valence-electron chi connectivity index (χ3n) is 9.05. The molecule has 0 bridgehead atoms. The summed E-state index contributed by atoms with van der Waals surface area (Å²) in [4.78, 5) is 140. The van der Waals surface area contributed by atoms with E-state index in [1.165, 1.54) is 18.7 Å². The summed E-state index contributed by atoms with van der Waals surface area (Å²) < 4.78 is 0. The minimum Gasteiger partial charge on any atom is -0.394 e. The lowest BCUT2D eigenvalue weighted by molar-refractivity contribution is -0.138. The van der Waals surface area contributed by atoms with Crippen molar-refractivity contribution in [3.8, 4) is 0 Å². The second-order valence-corrected chi connectivity index (χ2v) is 16.9. The van der Waals surface area contributed by atoms with Crippen molar-refractivity contribution in [2.75, 3.05) is 38.3 Å². The maximum atomic E-state index is 13.5. The molecule has 0 aromatic carbocycles. The van der Waals surface area contributed by atoms with Gasteiger partial charge in [0.15, 0.2) is 0 Å². The fourth-order valence-electron chi connectivity index (χ4n) is 5.51. The van der Waals surface area contributed by atoms with Crippen LogP contribution in [0.1, 0.15) is 67.2 Å². The first-order valence-corrected chi connectivity index (χ1v) is 22.0. The third-order valence-corrected chi connectivity index (χ3v) is 9.70. The molecule has 0 fully saturated rings. The number of aliphatic hydroxyl groups excluding tert-OH is 3. The van der Waals surface area contributed by atoms with Gasteiger partial charge in [0.25, 0.3) is 0 Å². The summed E-state index contributed by atoms with van der Waals surface area (Å²) in [6, 6.07) is -11.6. The van der Waals surface area contributed by atoms with E-state index in [1.54, 1.807) is 27.7 Å². The standard InChI is InChI=1S/C38H68N12O14S/c1-17(2)10-22(33(59)42-13-28(55)44-19(5)31(41)57)45-29(56)14-43-34(60)25(15-51)49-38(64)30(20(6)53)50-36(62)24(12-27(40)54)47-35(61)23(11-18(3)4)46-37(63)26(16-52)48-32(58)21(39)8-9-65-7/h17-26,30,51-53H,8-16,39H2,1-7H3,(H2,40,54)(H2,41,57)(H,42,59)(H,43,60)(H,44,55)(H,45,56)(H,46,63)(H,47,61)(H,48,58)(H,49,64)(H,50,62)/t19-,20-,21-,22+,23-,24+,25+,26-,30-/m0/s1. The molecule has 0 aromatic heterocycles. The van der Waals surface area contributed by atoms with E-state index < -0.39 is 152 Å². The van der Waals surface area contributed by atoms with Crippen molar-refractivity contribution in [2.24, 2.45) is 29.0 Å². The average molecular weight is 949 g/mol. The van der Waals surface area contributed by atoms with Crippen molar-refractivity contribution < 1.29 is 68.1 Å². The Kier molecular flexibility index (Phi) is 27.8. The molecule has 0 spiro atoms. The van der Waals surface area contributed by atoms with Crippen LogP contribution in [0, 0.1) is 11.8 Å². The predicted molar refractivity (Wildman–Crippen MR) is 234 cm³/mol. The number of primary amides is 2. The van der Waals surface area contributed by atoms with E-state index in [-0.39, 0.29) is 31.1 Å². The van der Waals surface area contributed by atoms with Crippen LogP contribution in [-0.4, -0.2) is 173 Å². The zero-order chi connectivity index (χ0) is 50.1. The number of hydrogen-bond acceptors (Lipinski definition) is 16. The molecule has 0 saturated carbocycles. The minimum absolute atomic E-state index is 0.0407. The van der Waals surface area contributed by atoms with Gasteiger partial charge in [-0.2, -0.15) is 11.8 Å². The van der Waals surface area contributed by atoms with Gasteiger partial charge in [0.05, 0.1) is 44.9 Å². The summed E-state index contributed by atoms with van der Waals surface area (Å²) in [5, 5.41) is 50.7. The lowest BCUT2D eigenvalue weighted by atomic mass is 10.0. The van der Waals surface area contributed by atoms with Crippen molar-refractivity contribution in [1.82, 2.24) is 47.9 Å². The van der Waals surface area contributed by atoms with Gasteiger partial charge in [-0.3, -0.25) is 52.7 Å². The zero-order valence-electron chi connectivity index (χ0n) is 37.7. The zero-order valence-corrected chi connectivity index (χ0v) is 38.5. The fraction of sp³-hybridized carbons (Fsp3) is 0.711. The number of hydrogen-bond donors (Lipinski definition) is 15. The van der Waals surface area contributed by atoms with Crippen molar-refractivity contribution in [2.45, 2.75) is 122 Å². The van der Waals surface area contributed by atoms with Gasteiger partial charge in [-0.25, -0.2) is 0 Å². The largest absolute Gasteiger partial charge is 0.394 e. The highest BCUT2D eigenvalue weighted by Crippen LogP contribution is 2.09. The van der Waals surface area contributed by atoms with Crippen LogP contribution in [0.2, 0.25) is 0 Å². The molecular weight excluding hydrogens is 881 g/mol. The maximum Gasteiger partial charge on any atom is 0.245 e. The smallest absolute Gasteiger partial charge is 0.245 e. The highest BCUT2D eigenvalue weighted by Gasteiger charge is 2.35. The highest BCUT2D eigenvalue weighted by atomic mass is 32.2. The van der Waals surface area contributed by atoms with Crippen LogP contribution >= 0.6 is 11.8 Å². The number of thioether (sulfide) groups is 1. The molecule has 0 rings (SSSR count). The first kappa shape index (κ1) is 59.4. The molecule has 18 N–H and O–H groups in total. The monoisotopic (exact) mass is 948 g/mol. The van der Waals surface area contributed by atoms with Gasteiger partial charge in [-0.1, -0.05) is 27.7 Å². The van der Waals surface area contributed by atoms with Gasteiger partial charge in [0.1, 0.15) is 42.3 Å². The van der Waals surface area contributed by atoms with Crippen LogP contribution < -0.4 is 65.1 Å². The molecule has 0 aliphatic heterocycles. The molecule has 370 valence electrons. The van der Waals surface area contributed by atoms with Gasteiger partial charge in [0.2, 0.25) is 65.0 Å². The van der Waals surface area contributed by atoms with E-state index in [4.69, 9.17) is 17.2 Å². The highest BCUT2D eigenvalue weighted by molar-refractivity contribution is 7.98. The Morgan fingerprint density at radius 1 is 0.538 bits per heavy atom. The molecule has 0 aromatic rings. The van der Waals surface area contributed by atoms with E-state index >= 15 is 0 Å². The molecule has 26 nitrogen and oxygen atoms in total. The molecule has 0 heterocycles. The van der Waals surface area contributed by atoms with Crippen molar-refractivity contribution in [1.29, 1.82) is 0 Å². The molecule has 27 heteroatoms. The Morgan fingerprint density at radius 3 is 1.42 bits per heavy atom. The SMILES string of the molecule is CSCC[C@H](N)C(=O)N[C@@H](CO)C(=O)N[C@@H](CC(C)C)C(=O)N[C@H](CC(N)=O)C(=O)N[C@H](C(=O)N[C@H](CO)C(=O)NCC(=O)N[C@H](CC(C)C)C(=O)NCC(=O)N[C@@H](C)C(N)=O)[C@H](C)O. The Bertz CT molecular complexity index is 1670. The molecule has 9 atom stereocenters. The number of nitrogens with two attached hydrogens (primary N) is 3. The van der Waals surface area contributed by atoms with Crippen LogP contribution in [0.25, 0.3) is 0 Å². The molecule has 11 amide bonds. The Labute approximate surface area is 380 Å². The molecule has 0 radical (unpaired) electrons. The first-order valence-electron chi connectivity index (χ1n) is 20.7. The number of nitrogens with one attached hydrogen (secondary N) is 9. The van der Waals surface area contributed by atoms with Crippen LogP contribution in [0.5, 0.6) is 0 Å². The van der Waals surface area contributed by atoms with E-state index in [1.807, 2.05) is 6.26 Å². The van der Waals surface area contributed by atoms with Crippen LogP contribution in [0.4, 0.5) is 0 Å². The summed E-state index contributed by atoms with van der Waals surface area (Å²) >= 11 is 1.44. The van der Waals surface area contributed by atoms with Crippen molar-refractivity contribution in [3.63, 3.8) is 0 Å². The van der Waals surface area contributed by atoms with Gasteiger partial charge in [0, 0.05) is 0 Å². The first-order chi connectivity index (χ1) is 30.3. The van der Waals surface area contributed by atoms with Gasteiger partial charge >= 0.3 is 0 Å². The molecule has 65 heavy (non-hydrogen) atoms. The van der Waals surface area contributed by atoms with Gasteiger partial charge < -0.3 is 80.4 Å². The maximum absolute atomic E-state index is 13.5. The van der Waals surface area contributed by atoms with Crippen molar-refractivity contribution in [3.05, 3.63) is 0 Å². The second-order valence-electron chi connectivity index (χ2n) is 15.9. The van der Waals surface area contributed by atoms with Crippen LogP contribution in [-0.2, 0) is 52.7 Å². The number of carbonyl (C=O) groups excluding carboxylic acids is 11. The number of amides is 11. The second kappa shape index (κ2) is 30.5. The summed E-state index contributed by atoms with van der Waals surface area (Å²) in [6.45, 7) is 6.08. The summed E-state index contributed by atoms with van der Waals surface area (Å²) in [6.07, 6.45) is -0.391. The Morgan fingerprint density at radius 2 is 0.954 bits per heavy atom. The molecule has 0 aliphatic carbocycles. The Balaban J connectivity index is 5.85. The molecular formula is C38H68N12O14S. The summed E-state index contributed by atoms with van der Waals surface area (Å²) in [5.74, 6) is -10.4. The summed E-state index contributed by atoms with van der Waals surface area (Å²) in [7, 11) is 0. The van der Waals surface area contributed by atoms with E-state index in [0.717, 1.165) is 6.92 Å². The summed E-state index contributed by atoms with van der Waals surface area (Å²) in [5.41, 5.74) is 16.3. The Hall–Kier alpha value is -5.64. The predicted octanol–water partition coefficient (Wildman–Crippen LogP) is -7.47. The number of rotatable bonds is 31. The minimum atomic E-state index is -1.89. The van der Waals surface area contributed by atoms with E-state index in [9.17, 15) is 68.1 Å². The average Bonchev–Trinajstić information content (AvgIpc) is 3.21. The topological polar surface area (TPSA) is 435 Å². The quantitative estimate of drug-likeness (QED) is 0.0307. The van der Waals surface area contributed by atoms with E-state index in [2.05, 4.69) is 47.9 Å². The normalized spacial score (nSPS) is 15.2.